The first kappa shape index (κ1) is 15.7. The minimum absolute atomic E-state index is 0.0151. The van der Waals surface area contributed by atoms with E-state index < -0.39 is 0 Å². The molecule has 23 heavy (non-hydrogen) atoms. The van der Waals surface area contributed by atoms with Gasteiger partial charge < -0.3 is 14.0 Å². The van der Waals surface area contributed by atoms with E-state index in [1.165, 1.54) is 0 Å². The van der Waals surface area contributed by atoms with Crippen LogP contribution in [0.4, 0.5) is 0 Å². The molecule has 5 heteroatoms. The van der Waals surface area contributed by atoms with Crippen LogP contribution >= 0.6 is 0 Å². The van der Waals surface area contributed by atoms with E-state index in [1.54, 1.807) is 19.6 Å². The maximum atomic E-state index is 12.4. The van der Waals surface area contributed by atoms with Crippen LogP contribution in [0.1, 0.15) is 48.3 Å². The summed E-state index contributed by atoms with van der Waals surface area (Å²) < 4.78 is 12.8. The molecule has 1 aliphatic rings. The Morgan fingerprint density at radius 3 is 2.70 bits per heavy atom. The van der Waals surface area contributed by atoms with Crippen LogP contribution in [-0.4, -0.2) is 34.8 Å². The molecule has 0 aliphatic heterocycles. The maximum absolute atomic E-state index is 12.4. The van der Waals surface area contributed by atoms with Crippen molar-refractivity contribution >= 4 is 5.97 Å². The fourth-order valence-electron chi connectivity index (χ4n) is 2.91. The van der Waals surface area contributed by atoms with Gasteiger partial charge in [0.15, 0.2) is 0 Å². The van der Waals surface area contributed by atoms with Crippen molar-refractivity contribution in [3.05, 3.63) is 54.1 Å². The van der Waals surface area contributed by atoms with Gasteiger partial charge in [0.2, 0.25) is 0 Å². The molecule has 2 aromatic rings. The molecule has 3 rings (SSSR count). The third-order valence-electron chi connectivity index (χ3n) is 4.74. The highest BCUT2D eigenvalue weighted by Crippen LogP contribution is 2.35. The number of imidazole rings is 1. The minimum atomic E-state index is -0.353. The standard InChI is InChI=1S/C18H22N2O3/c1-14(15-7-4-3-5-8-15)20-13-19-11-16(20)17(21)23-12-18(22-2)9-6-10-18/h3-5,7-8,11,13-14H,6,9-10,12H2,1-2H3/t14-/m1/s1. The van der Waals surface area contributed by atoms with Crippen LogP contribution in [0.15, 0.2) is 42.9 Å². The Kier molecular flexibility index (Phi) is 4.48. The van der Waals surface area contributed by atoms with Gasteiger partial charge in [-0.15, -0.1) is 0 Å². The van der Waals surface area contributed by atoms with Crippen LogP contribution in [-0.2, 0) is 9.47 Å². The summed E-state index contributed by atoms with van der Waals surface area (Å²) in [4.78, 5) is 16.5. The zero-order valence-electron chi connectivity index (χ0n) is 13.6. The van der Waals surface area contributed by atoms with Crippen LogP contribution < -0.4 is 0 Å². The van der Waals surface area contributed by atoms with Crippen molar-refractivity contribution in [1.29, 1.82) is 0 Å². The lowest BCUT2D eigenvalue weighted by Gasteiger charge is -2.39. The van der Waals surface area contributed by atoms with Gasteiger partial charge in [0.25, 0.3) is 0 Å². The monoisotopic (exact) mass is 314 g/mol. The number of carbonyl (C=O) groups is 1. The van der Waals surface area contributed by atoms with Gasteiger partial charge in [-0.05, 0) is 31.7 Å². The highest BCUT2D eigenvalue weighted by Gasteiger charge is 2.38. The molecule has 0 amide bonds. The number of rotatable bonds is 6. The molecule has 0 saturated heterocycles. The lowest BCUT2D eigenvalue weighted by molar-refractivity contribution is -0.109. The highest BCUT2D eigenvalue weighted by molar-refractivity contribution is 5.87. The van der Waals surface area contributed by atoms with Crippen LogP contribution in [0.2, 0.25) is 0 Å². The molecular formula is C18H22N2O3. The summed E-state index contributed by atoms with van der Waals surface area (Å²) >= 11 is 0. The number of methoxy groups -OCH3 is 1. The summed E-state index contributed by atoms with van der Waals surface area (Å²) in [6, 6.07) is 10.0. The van der Waals surface area contributed by atoms with Crippen molar-refractivity contribution in [2.45, 2.75) is 37.8 Å². The Balaban J connectivity index is 1.71. The molecule has 1 heterocycles. The maximum Gasteiger partial charge on any atom is 0.356 e. The highest BCUT2D eigenvalue weighted by atomic mass is 16.6. The Labute approximate surface area is 136 Å². The number of benzene rings is 1. The van der Waals surface area contributed by atoms with Gasteiger partial charge in [0, 0.05) is 7.11 Å². The van der Waals surface area contributed by atoms with Crippen LogP contribution in [0.3, 0.4) is 0 Å². The SMILES string of the molecule is COC1(COC(=O)c2cncn2[C@H](C)c2ccccc2)CCC1. The van der Waals surface area contributed by atoms with Crippen LogP contribution in [0, 0.1) is 0 Å². The smallest absolute Gasteiger partial charge is 0.356 e. The minimum Gasteiger partial charge on any atom is -0.458 e. The Bertz CT molecular complexity index is 656. The molecule has 122 valence electrons. The summed E-state index contributed by atoms with van der Waals surface area (Å²) in [6.45, 7) is 2.34. The largest absolute Gasteiger partial charge is 0.458 e. The molecule has 1 saturated carbocycles. The van der Waals surface area contributed by atoms with Gasteiger partial charge in [-0.3, -0.25) is 0 Å². The van der Waals surface area contributed by atoms with Gasteiger partial charge in [-0.25, -0.2) is 9.78 Å². The second-order valence-electron chi connectivity index (χ2n) is 6.09. The predicted octanol–water partition coefficient (Wildman–Crippen LogP) is 3.22. The van der Waals surface area contributed by atoms with E-state index in [0.717, 1.165) is 24.8 Å². The molecule has 1 aromatic heterocycles. The third kappa shape index (κ3) is 3.15. The fourth-order valence-corrected chi connectivity index (χ4v) is 2.91. The number of ether oxygens (including phenoxy) is 2. The van der Waals surface area contributed by atoms with Gasteiger partial charge in [-0.1, -0.05) is 30.3 Å². The van der Waals surface area contributed by atoms with Crippen molar-refractivity contribution in [1.82, 2.24) is 9.55 Å². The first-order valence-electron chi connectivity index (χ1n) is 7.94. The van der Waals surface area contributed by atoms with Gasteiger partial charge in [-0.2, -0.15) is 0 Å². The first-order chi connectivity index (χ1) is 11.2. The van der Waals surface area contributed by atoms with E-state index in [2.05, 4.69) is 4.98 Å². The molecule has 1 fully saturated rings. The molecule has 0 bridgehead atoms. The number of esters is 1. The molecule has 5 nitrogen and oxygen atoms in total. The molecule has 0 N–H and O–H groups in total. The molecular weight excluding hydrogens is 292 g/mol. The number of hydrogen-bond acceptors (Lipinski definition) is 4. The Hall–Kier alpha value is -2.14. The summed E-state index contributed by atoms with van der Waals surface area (Å²) in [5, 5.41) is 0. The fraction of sp³-hybridized carbons (Fsp3) is 0.444. The lowest BCUT2D eigenvalue weighted by atomic mass is 9.81. The topological polar surface area (TPSA) is 53.4 Å². The number of nitrogens with zero attached hydrogens (tertiary/aromatic N) is 2. The summed E-state index contributed by atoms with van der Waals surface area (Å²) in [5.41, 5.74) is 1.30. The quantitative estimate of drug-likeness (QED) is 0.768. The van der Waals surface area contributed by atoms with Crippen LogP contribution in [0.5, 0.6) is 0 Å². The molecule has 1 aliphatic carbocycles. The molecule has 0 radical (unpaired) electrons. The van der Waals surface area contributed by atoms with E-state index in [1.807, 2.05) is 41.8 Å². The number of carbonyl (C=O) groups excluding carboxylic acids is 1. The van der Waals surface area contributed by atoms with Crippen LogP contribution in [0.25, 0.3) is 0 Å². The molecule has 0 spiro atoms. The first-order valence-corrected chi connectivity index (χ1v) is 7.94. The van der Waals surface area contributed by atoms with E-state index in [0.29, 0.717) is 12.3 Å². The average molecular weight is 314 g/mol. The molecule has 1 atom stereocenters. The van der Waals surface area contributed by atoms with E-state index in [9.17, 15) is 4.79 Å². The van der Waals surface area contributed by atoms with Gasteiger partial charge in [0.05, 0.1) is 18.6 Å². The van der Waals surface area contributed by atoms with Gasteiger partial charge >= 0.3 is 5.97 Å². The van der Waals surface area contributed by atoms with E-state index in [-0.39, 0.29) is 17.6 Å². The second kappa shape index (κ2) is 6.54. The van der Waals surface area contributed by atoms with Crippen molar-refractivity contribution < 1.29 is 14.3 Å². The summed E-state index contributed by atoms with van der Waals surface area (Å²) in [5.74, 6) is -0.353. The number of hydrogen-bond donors (Lipinski definition) is 0. The summed E-state index contributed by atoms with van der Waals surface area (Å²) in [7, 11) is 1.68. The zero-order chi connectivity index (χ0) is 16.3. The van der Waals surface area contributed by atoms with Crippen molar-refractivity contribution in [3.8, 4) is 0 Å². The predicted molar refractivity (Wildman–Crippen MR) is 86.4 cm³/mol. The van der Waals surface area contributed by atoms with Crippen molar-refractivity contribution in [3.63, 3.8) is 0 Å². The third-order valence-corrected chi connectivity index (χ3v) is 4.74. The Morgan fingerprint density at radius 2 is 2.09 bits per heavy atom. The normalized spacial score (nSPS) is 17.3. The van der Waals surface area contributed by atoms with Gasteiger partial charge in [0.1, 0.15) is 17.9 Å². The van der Waals surface area contributed by atoms with Crippen molar-refractivity contribution in [2.24, 2.45) is 0 Å². The lowest BCUT2D eigenvalue weighted by Crippen LogP contribution is -2.44. The average Bonchev–Trinajstić information content (AvgIpc) is 3.04. The molecule has 1 aromatic carbocycles. The molecule has 0 unspecified atom stereocenters. The van der Waals surface area contributed by atoms with E-state index in [4.69, 9.17) is 9.47 Å². The summed E-state index contributed by atoms with van der Waals surface area (Å²) in [6.07, 6.45) is 6.23. The Morgan fingerprint density at radius 1 is 1.35 bits per heavy atom. The number of aromatic nitrogens is 2. The second-order valence-corrected chi connectivity index (χ2v) is 6.09. The zero-order valence-corrected chi connectivity index (χ0v) is 13.6. The van der Waals surface area contributed by atoms with E-state index >= 15 is 0 Å². The van der Waals surface area contributed by atoms with Crippen molar-refractivity contribution in [2.75, 3.05) is 13.7 Å².